The number of primary amides is 1. The van der Waals surface area contributed by atoms with Crippen LogP contribution in [0.5, 0.6) is 0 Å². The number of nitro groups is 1. The highest BCUT2D eigenvalue weighted by Gasteiger charge is 2.44. The van der Waals surface area contributed by atoms with Crippen molar-refractivity contribution in [2.75, 3.05) is 25.4 Å². The number of rotatable bonds is 7. The molecule has 1 aromatic carbocycles. The minimum absolute atomic E-state index is 0.0534. The number of hydrogen-bond donors (Lipinski definition) is 10. The first-order valence-corrected chi connectivity index (χ1v) is 22.0. The first-order valence-electron chi connectivity index (χ1n) is 20.7. The average Bonchev–Trinajstić information content (AvgIpc) is 3.83. The third-order valence-electron chi connectivity index (χ3n) is 11.6. The van der Waals surface area contributed by atoms with Crippen molar-refractivity contribution in [1.29, 1.82) is 0 Å². The van der Waals surface area contributed by atoms with Crippen LogP contribution in [0.3, 0.4) is 0 Å². The molecule has 3 aliphatic heterocycles. The van der Waals surface area contributed by atoms with E-state index in [1.807, 2.05) is 0 Å². The Morgan fingerprint density at radius 3 is 2.11 bits per heavy atom. The van der Waals surface area contributed by atoms with Gasteiger partial charge >= 0.3 is 0 Å². The molecule has 0 spiro atoms. The standard InChI is InChI=1S/C39H53N11O13S/c1-5-17(3)31-36(58)42-13-29(53)43-26-16-64(63)38-22(21-8-7-19(50(61)62)9-23(21)46-38)11-24(33(55)41-14-30(54)47-31)44-37(59)32(18(4)6-2)48-35(57)27-10-20(51)15-49(27)39(60)25(12-28(40)52)45-34(26)56/h7-9,17-18,20,24-27,31-32,46,51H,5-6,10-16H2,1-4H3,(H2,40,52)(H,41,55)(H,42,58)(H,43,53)(H,44,59)(H,45,56)(H,47,54)(H,48,57)/t17-,18-,20+,24-,25-,26-,27-,31-,32-,64?/m0/s1. The molecule has 0 saturated carbocycles. The van der Waals surface area contributed by atoms with Crippen LogP contribution >= 0.6 is 0 Å². The van der Waals surface area contributed by atoms with Crippen LogP contribution in [-0.2, 0) is 60.4 Å². The zero-order chi connectivity index (χ0) is 47.2. The normalized spacial score (nSPS) is 27.9. The van der Waals surface area contributed by atoms with Crippen molar-refractivity contribution in [3.63, 3.8) is 0 Å². The Balaban J connectivity index is 1.74. The van der Waals surface area contributed by atoms with Gasteiger partial charge in [-0.25, -0.2) is 0 Å². The quantitative estimate of drug-likeness (QED) is 0.0947. The Morgan fingerprint density at radius 1 is 0.859 bits per heavy atom. The van der Waals surface area contributed by atoms with E-state index in [0.717, 1.165) is 17.0 Å². The molecular formula is C39H53N11O13S. The maximum absolute atomic E-state index is 14.6. The molecule has 348 valence electrons. The molecule has 1 fully saturated rings. The summed E-state index contributed by atoms with van der Waals surface area (Å²) in [4.78, 5) is 139. The average molecular weight is 916 g/mol. The van der Waals surface area contributed by atoms with Gasteiger partial charge in [0.1, 0.15) is 41.3 Å². The number of aromatic amines is 1. The smallest absolute Gasteiger partial charge is 0.271 e. The number of fused-ring (bicyclic) bond motifs is 5. The Hall–Kier alpha value is -6.50. The number of carbonyl (C=O) groups excluding carboxylic acids is 9. The molecular weight excluding hydrogens is 863 g/mol. The lowest BCUT2D eigenvalue weighted by Gasteiger charge is -2.32. The molecule has 10 atom stereocenters. The molecule has 2 bridgehead atoms. The van der Waals surface area contributed by atoms with E-state index < -0.39 is 161 Å². The van der Waals surface area contributed by atoms with E-state index >= 15 is 0 Å². The molecule has 64 heavy (non-hydrogen) atoms. The number of nitrogens with one attached hydrogen (secondary N) is 8. The molecule has 0 aliphatic carbocycles. The van der Waals surface area contributed by atoms with Gasteiger partial charge in [-0.1, -0.05) is 40.5 Å². The van der Waals surface area contributed by atoms with Crippen molar-refractivity contribution in [2.45, 2.75) is 107 Å². The molecule has 1 saturated heterocycles. The van der Waals surface area contributed by atoms with Gasteiger partial charge in [0.05, 0.1) is 52.6 Å². The van der Waals surface area contributed by atoms with E-state index in [-0.39, 0.29) is 33.6 Å². The summed E-state index contributed by atoms with van der Waals surface area (Å²) in [7, 11) is -2.41. The fourth-order valence-corrected chi connectivity index (χ4v) is 9.09. The minimum Gasteiger partial charge on any atom is -0.391 e. The van der Waals surface area contributed by atoms with E-state index in [1.54, 1.807) is 27.7 Å². The minimum atomic E-state index is -2.41. The molecule has 11 N–H and O–H groups in total. The van der Waals surface area contributed by atoms with Gasteiger partial charge in [0.25, 0.3) is 5.69 Å². The number of nitrogens with two attached hydrogens (primary N) is 1. The Morgan fingerprint density at radius 2 is 1.48 bits per heavy atom. The van der Waals surface area contributed by atoms with Crippen molar-refractivity contribution < 1.29 is 57.4 Å². The number of aromatic nitrogens is 1. The third kappa shape index (κ3) is 11.4. The number of aliphatic hydroxyl groups is 1. The molecule has 1 aromatic heterocycles. The maximum Gasteiger partial charge on any atom is 0.271 e. The van der Waals surface area contributed by atoms with Gasteiger partial charge in [-0.2, -0.15) is 0 Å². The molecule has 0 radical (unpaired) electrons. The summed E-state index contributed by atoms with van der Waals surface area (Å²) in [6, 6.07) is -5.73. The first kappa shape index (κ1) is 48.5. The monoisotopic (exact) mass is 915 g/mol. The number of nitro benzene ring substituents is 1. The summed E-state index contributed by atoms with van der Waals surface area (Å²) >= 11 is 0. The first-order chi connectivity index (χ1) is 30.2. The molecule has 3 aliphatic rings. The van der Waals surface area contributed by atoms with Gasteiger partial charge in [-0.3, -0.25) is 57.5 Å². The van der Waals surface area contributed by atoms with Gasteiger partial charge in [0, 0.05) is 36.9 Å². The maximum atomic E-state index is 14.6. The van der Waals surface area contributed by atoms with Crippen LogP contribution in [0.4, 0.5) is 5.69 Å². The fraction of sp³-hybridized carbons (Fsp3) is 0.564. The highest BCUT2D eigenvalue weighted by molar-refractivity contribution is 7.85. The van der Waals surface area contributed by atoms with E-state index in [0.29, 0.717) is 12.8 Å². The molecule has 24 nitrogen and oxygen atoms in total. The Bertz CT molecular complexity index is 2250. The second-order valence-electron chi connectivity index (χ2n) is 16.2. The van der Waals surface area contributed by atoms with Crippen molar-refractivity contribution in [1.82, 2.24) is 47.1 Å². The number of amides is 9. The van der Waals surface area contributed by atoms with Crippen LogP contribution in [0.1, 0.15) is 58.9 Å². The highest BCUT2D eigenvalue weighted by Crippen LogP contribution is 2.30. The number of nitrogens with zero attached hydrogens (tertiary/aromatic N) is 2. The second-order valence-corrected chi connectivity index (χ2v) is 17.6. The van der Waals surface area contributed by atoms with Gasteiger partial charge in [-0.05, 0) is 23.5 Å². The topological polar surface area (TPSA) is 363 Å². The summed E-state index contributed by atoms with van der Waals surface area (Å²) in [5.41, 5.74) is 5.23. The zero-order valence-electron chi connectivity index (χ0n) is 35.5. The van der Waals surface area contributed by atoms with E-state index in [1.165, 1.54) is 6.07 Å². The lowest BCUT2D eigenvalue weighted by atomic mass is 9.96. The highest BCUT2D eigenvalue weighted by atomic mass is 32.2. The summed E-state index contributed by atoms with van der Waals surface area (Å²) < 4.78 is 14.6. The largest absolute Gasteiger partial charge is 0.391 e. The Labute approximate surface area is 368 Å². The molecule has 5 rings (SSSR count). The SMILES string of the molecule is CC[C@H](C)[C@@H]1NC(=O)CNC(=O)[C@@H]2Cc3c([nH]c4cc([N+](=O)[O-])ccc34)S(=O)C[C@H](NC(=O)CNC1=O)C(=O)N[C@@H](CC(N)=O)C(=O)N1C[C@H](O)C[C@H]1C(=O)N[C@@H]([C@@H](C)CC)C(=O)N2. The van der Waals surface area contributed by atoms with E-state index in [4.69, 9.17) is 5.73 Å². The zero-order valence-corrected chi connectivity index (χ0v) is 36.3. The lowest BCUT2D eigenvalue weighted by Crippen LogP contribution is -2.61. The van der Waals surface area contributed by atoms with Crippen LogP contribution in [-0.4, -0.2) is 145 Å². The van der Waals surface area contributed by atoms with Crippen LogP contribution in [0.25, 0.3) is 10.9 Å². The van der Waals surface area contributed by atoms with Crippen molar-refractivity contribution in [3.8, 4) is 0 Å². The van der Waals surface area contributed by atoms with Crippen LogP contribution in [0.15, 0.2) is 23.2 Å². The van der Waals surface area contributed by atoms with Gasteiger partial charge < -0.3 is 57.9 Å². The second kappa shape index (κ2) is 20.8. The number of benzene rings is 1. The van der Waals surface area contributed by atoms with E-state index in [2.05, 4.69) is 42.2 Å². The number of hydrogen-bond acceptors (Lipinski definition) is 13. The van der Waals surface area contributed by atoms with Crippen molar-refractivity contribution >= 4 is 80.6 Å². The predicted molar refractivity (Wildman–Crippen MR) is 224 cm³/mol. The van der Waals surface area contributed by atoms with E-state index in [9.17, 15) is 62.6 Å². The molecule has 1 unspecified atom stereocenters. The van der Waals surface area contributed by atoms with Crippen molar-refractivity contribution in [3.05, 3.63) is 33.9 Å². The van der Waals surface area contributed by atoms with Crippen LogP contribution < -0.4 is 43.0 Å². The van der Waals surface area contributed by atoms with Gasteiger partial charge in [0.2, 0.25) is 53.2 Å². The lowest BCUT2D eigenvalue weighted by molar-refractivity contribution is -0.384. The predicted octanol–water partition coefficient (Wildman–Crippen LogP) is -3.66. The molecule has 4 heterocycles. The van der Waals surface area contributed by atoms with Gasteiger partial charge in [-0.15, -0.1) is 0 Å². The number of aliphatic hydroxyl groups excluding tert-OH is 1. The summed E-state index contributed by atoms with van der Waals surface area (Å²) in [5, 5.41) is 39.9. The number of H-pyrrole nitrogens is 1. The number of carbonyl (C=O) groups is 9. The fourth-order valence-electron chi connectivity index (χ4n) is 7.69. The Kier molecular flexibility index (Phi) is 15.8. The summed E-state index contributed by atoms with van der Waals surface area (Å²) in [6.07, 6.45) is -2.24. The molecule has 9 amide bonds. The molecule has 25 heteroatoms. The number of non-ortho nitro benzene ring substituents is 1. The summed E-state index contributed by atoms with van der Waals surface area (Å²) in [5.74, 6) is -10.6. The van der Waals surface area contributed by atoms with Crippen LogP contribution in [0.2, 0.25) is 0 Å². The van der Waals surface area contributed by atoms with Crippen LogP contribution in [0, 0.1) is 22.0 Å². The molecule has 2 aromatic rings. The van der Waals surface area contributed by atoms with Gasteiger partial charge in [0.15, 0.2) is 0 Å². The third-order valence-corrected chi connectivity index (χ3v) is 13.1. The summed E-state index contributed by atoms with van der Waals surface area (Å²) in [6.45, 7) is 4.82. The van der Waals surface area contributed by atoms with Crippen molar-refractivity contribution in [2.24, 2.45) is 17.6 Å².